The van der Waals surface area contributed by atoms with Crippen molar-refractivity contribution in [1.29, 1.82) is 0 Å². The van der Waals surface area contributed by atoms with Gasteiger partial charge < -0.3 is 5.11 Å². The molecule has 0 aliphatic heterocycles. The van der Waals surface area contributed by atoms with Gasteiger partial charge in [0.15, 0.2) is 0 Å². The van der Waals surface area contributed by atoms with Crippen molar-refractivity contribution < 1.29 is 10.0 Å². The molecule has 0 aliphatic rings. The monoisotopic (exact) mass is 256 g/mol. The molecule has 5 nitrogen and oxygen atoms in total. The summed E-state index contributed by atoms with van der Waals surface area (Å²) in [5.74, 6) is 0.225. The third-order valence-electron chi connectivity index (χ3n) is 2.55. The van der Waals surface area contributed by atoms with Crippen LogP contribution in [0.2, 0.25) is 0 Å². The number of nitro groups is 1. The maximum Gasteiger partial charge on any atom is 0.269 e. The summed E-state index contributed by atoms with van der Waals surface area (Å²) in [5, 5.41) is 19.6. The molecule has 0 aliphatic carbocycles. The van der Waals surface area contributed by atoms with Gasteiger partial charge in [0.1, 0.15) is 5.75 Å². The molecule has 0 atom stereocenters. The maximum atomic E-state index is 10.5. The van der Waals surface area contributed by atoms with E-state index in [4.69, 9.17) is 5.11 Å². The first kappa shape index (κ1) is 12.8. The fourth-order valence-electron chi connectivity index (χ4n) is 1.54. The van der Waals surface area contributed by atoms with E-state index in [-0.39, 0.29) is 11.4 Å². The zero-order valence-corrected chi connectivity index (χ0v) is 10.1. The van der Waals surface area contributed by atoms with Crippen molar-refractivity contribution in [2.45, 2.75) is 6.54 Å². The Morgan fingerprint density at radius 3 is 2.32 bits per heavy atom. The van der Waals surface area contributed by atoms with Gasteiger partial charge in [-0.1, -0.05) is 12.1 Å². The van der Waals surface area contributed by atoms with Gasteiger partial charge in [-0.25, -0.2) is 0 Å². The van der Waals surface area contributed by atoms with Gasteiger partial charge in [-0.15, -0.1) is 0 Å². The van der Waals surface area contributed by atoms with Gasteiger partial charge in [0.2, 0.25) is 0 Å². The SMILES string of the molecule is O=[N+]([O-])c1ccc(C=NCc2ccc(O)cc2)cc1. The number of phenols is 1. The van der Waals surface area contributed by atoms with E-state index in [9.17, 15) is 10.1 Å². The summed E-state index contributed by atoms with van der Waals surface area (Å²) in [7, 11) is 0. The molecule has 1 N–H and O–H groups in total. The second-order valence-electron chi connectivity index (χ2n) is 3.98. The van der Waals surface area contributed by atoms with Crippen LogP contribution in [0.1, 0.15) is 11.1 Å². The van der Waals surface area contributed by atoms with Crippen LogP contribution in [0.5, 0.6) is 5.75 Å². The van der Waals surface area contributed by atoms with E-state index in [2.05, 4.69) is 4.99 Å². The number of rotatable bonds is 4. The molecule has 2 aromatic rings. The van der Waals surface area contributed by atoms with Gasteiger partial charge in [0, 0.05) is 18.3 Å². The minimum absolute atomic E-state index is 0.0654. The van der Waals surface area contributed by atoms with Crippen LogP contribution in [0.3, 0.4) is 0 Å². The molecule has 19 heavy (non-hydrogen) atoms. The minimum Gasteiger partial charge on any atom is -0.508 e. The first-order valence-electron chi connectivity index (χ1n) is 5.67. The average molecular weight is 256 g/mol. The highest BCUT2D eigenvalue weighted by Gasteiger charge is 2.02. The Kier molecular flexibility index (Phi) is 3.87. The average Bonchev–Trinajstić information content (AvgIpc) is 2.41. The van der Waals surface area contributed by atoms with Crippen molar-refractivity contribution in [3.63, 3.8) is 0 Å². The molecule has 0 fully saturated rings. The number of nitrogens with zero attached hydrogens (tertiary/aromatic N) is 2. The fraction of sp³-hybridized carbons (Fsp3) is 0.0714. The molecule has 0 saturated carbocycles. The number of nitro benzene ring substituents is 1. The Bertz CT molecular complexity index is 589. The summed E-state index contributed by atoms with van der Waals surface area (Å²) in [6.45, 7) is 0.497. The van der Waals surface area contributed by atoms with Crippen LogP contribution in [0.25, 0.3) is 0 Å². The van der Waals surface area contributed by atoms with Crippen molar-refractivity contribution >= 4 is 11.9 Å². The molecule has 0 heterocycles. The number of hydrogen-bond acceptors (Lipinski definition) is 4. The number of aromatic hydroxyl groups is 1. The Hall–Kier alpha value is -2.69. The van der Waals surface area contributed by atoms with Gasteiger partial charge in [-0.2, -0.15) is 0 Å². The molecule has 5 heteroatoms. The van der Waals surface area contributed by atoms with Gasteiger partial charge in [-0.05, 0) is 35.4 Å². The van der Waals surface area contributed by atoms with E-state index >= 15 is 0 Å². The lowest BCUT2D eigenvalue weighted by Crippen LogP contribution is -1.89. The Balaban J connectivity index is 1.98. The molecule has 0 bridgehead atoms. The summed E-state index contributed by atoms with van der Waals surface area (Å²) in [6.07, 6.45) is 1.66. The van der Waals surface area contributed by atoms with Gasteiger partial charge in [0.05, 0.1) is 11.5 Å². The van der Waals surface area contributed by atoms with Crippen LogP contribution < -0.4 is 0 Å². The Morgan fingerprint density at radius 2 is 1.74 bits per heavy atom. The van der Waals surface area contributed by atoms with E-state index < -0.39 is 4.92 Å². The molecule has 0 radical (unpaired) electrons. The highest BCUT2D eigenvalue weighted by molar-refractivity contribution is 5.79. The predicted molar refractivity (Wildman–Crippen MR) is 72.5 cm³/mol. The third-order valence-corrected chi connectivity index (χ3v) is 2.55. The molecule has 2 rings (SSSR count). The van der Waals surface area contributed by atoms with Crippen molar-refractivity contribution in [2.24, 2.45) is 4.99 Å². The molecule has 0 saturated heterocycles. The van der Waals surface area contributed by atoms with Crippen molar-refractivity contribution in [3.8, 4) is 5.75 Å². The van der Waals surface area contributed by atoms with Crippen LogP contribution in [0.4, 0.5) is 5.69 Å². The number of benzene rings is 2. The van der Waals surface area contributed by atoms with Crippen LogP contribution in [-0.2, 0) is 6.54 Å². The first-order chi connectivity index (χ1) is 9.15. The van der Waals surface area contributed by atoms with Crippen LogP contribution >= 0.6 is 0 Å². The predicted octanol–water partition coefficient (Wildman–Crippen LogP) is 2.92. The minimum atomic E-state index is -0.433. The second-order valence-corrected chi connectivity index (χ2v) is 3.98. The summed E-state index contributed by atoms with van der Waals surface area (Å²) in [6, 6.07) is 13.0. The Labute approximate surface area is 110 Å². The summed E-state index contributed by atoms with van der Waals surface area (Å²) in [4.78, 5) is 14.3. The number of aliphatic imine (C=N–C) groups is 1. The normalized spacial score (nSPS) is 10.7. The quantitative estimate of drug-likeness (QED) is 0.519. The zero-order chi connectivity index (χ0) is 13.7. The lowest BCUT2D eigenvalue weighted by atomic mass is 10.2. The van der Waals surface area contributed by atoms with E-state index in [1.807, 2.05) is 0 Å². The molecular formula is C14H12N2O3. The van der Waals surface area contributed by atoms with E-state index in [0.717, 1.165) is 11.1 Å². The molecule has 96 valence electrons. The fourth-order valence-corrected chi connectivity index (χ4v) is 1.54. The number of hydrogen-bond donors (Lipinski definition) is 1. The largest absolute Gasteiger partial charge is 0.508 e. The van der Waals surface area contributed by atoms with E-state index in [1.54, 1.807) is 42.6 Å². The zero-order valence-electron chi connectivity index (χ0n) is 10.1. The number of phenolic OH excluding ortho intramolecular Hbond substituents is 1. The highest BCUT2D eigenvalue weighted by atomic mass is 16.6. The molecule has 0 spiro atoms. The van der Waals surface area contributed by atoms with Crippen LogP contribution in [-0.4, -0.2) is 16.2 Å². The molecule has 2 aromatic carbocycles. The van der Waals surface area contributed by atoms with Crippen molar-refractivity contribution in [1.82, 2.24) is 0 Å². The maximum absolute atomic E-state index is 10.5. The van der Waals surface area contributed by atoms with Crippen molar-refractivity contribution in [3.05, 3.63) is 69.8 Å². The molecule has 0 amide bonds. The van der Waals surface area contributed by atoms with Gasteiger partial charge >= 0.3 is 0 Å². The van der Waals surface area contributed by atoms with Gasteiger partial charge in [-0.3, -0.25) is 15.1 Å². The number of non-ortho nitro benzene ring substituents is 1. The van der Waals surface area contributed by atoms with Crippen LogP contribution in [0.15, 0.2) is 53.5 Å². The summed E-state index contributed by atoms with van der Waals surface area (Å²) < 4.78 is 0. The second kappa shape index (κ2) is 5.77. The Morgan fingerprint density at radius 1 is 1.11 bits per heavy atom. The molecular weight excluding hydrogens is 244 g/mol. The first-order valence-corrected chi connectivity index (χ1v) is 5.67. The van der Waals surface area contributed by atoms with E-state index in [1.165, 1.54) is 12.1 Å². The summed E-state index contributed by atoms with van der Waals surface area (Å²) in [5.41, 5.74) is 1.86. The third kappa shape index (κ3) is 3.64. The molecule has 0 aromatic heterocycles. The topological polar surface area (TPSA) is 75.7 Å². The lowest BCUT2D eigenvalue weighted by Gasteiger charge is -1.97. The smallest absolute Gasteiger partial charge is 0.269 e. The van der Waals surface area contributed by atoms with Gasteiger partial charge in [0.25, 0.3) is 5.69 Å². The standard InChI is InChI=1S/C14H12N2O3/c17-14-7-3-12(4-8-14)10-15-9-11-1-5-13(6-2-11)16(18)19/h1-9,17H,10H2. The highest BCUT2D eigenvalue weighted by Crippen LogP contribution is 2.12. The molecule has 0 unspecified atom stereocenters. The van der Waals surface area contributed by atoms with E-state index in [0.29, 0.717) is 6.54 Å². The van der Waals surface area contributed by atoms with Crippen molar-refractivity contribution in [2.75, 3.05) is 0 Å². The lowest BCUT2D eigenvalue weighted by molar-refractivity contribution is -0.384. The van der Waals surface area contributed by atoms with Crippen LogP contribution in [0, 0.1) is 10.1 Å². The summed E-state index contributed by atoms with van der Waals surface area (Å²) >= 11 is 0.